The Kier molecular flexibility index (Phi) is 6.52. The largest absolute Gasteiger partial charge is 0.465 e. The zero-order chi connectivity index (χ0) is 26.3. The van der Waals surface area contributed by atoms with Gasteiger partial charge in [-0.05, 0) is 92.6 Å². The van der Waals surface area contributed by atoms with Crippen LogP contribution in [-0.2, 0) is 4.74 Å². The number of methoxy groups -OCH3 is 1. The van der Waals surface area contributed by atoms with Gasteiger partial charge in [-0.25, -0.2) is 9.18 Å². The second kappa shape index (κ2) is 9.78. The van der Waals surface area contributed by atoms with Crippen molar-refractivity contribution in [2.45, 2.75) is 32.9 Å². The molecule has 8 heteroatoms. The van der Waals surface area contributed by atoms with Crippen LogP contribution in [0.2, 0.25) is 0 Å². The van der Waals surface area contributed by atoms with Crippen molar-refractivity contribution < 1.29 is 13.9 Å². The molecular formula is C29H27FN4O2S. The van der Waals surface area contributed by atoms with Gasteiger partial charge >= 0.3 is 5.97 Å². The lowest BCUT2D eigenvalue weighted by atomic mass is 9.96. The van der Waals surface area contributed by atoms with E-state index < -0.39 is 5.97 Å². The van der Waals surface area contributed by atoms with Crippen LogP contribution in [-0.4, -0.2) is 27.7 Å². The summed E-state index contributed by atoms with van der Waals surface area (Å²) in [6.07, 6.45) is 1.76. The Morgan fingerprint density at radius 2 is 1.81 bits per heavy atom. The van der Waals surface area contributed by atoms with E-state index in [9.17, 15) is 9.18 Å². The maximum atomic E-state index is 14.2. The van der Waals surface area contributed by atoms with Crippen LogP contribution in [0.5, 0.6) is 0 Å². The molecule has 1 aliphatic heterocycles. The van der Waals surface area contributed by atoms with Gasteiger partial charge in [-0.2, -0.15) is 0 Å². The van der Waals surface area contributed by atoms with Gasteiger partial charge in [-0.15, -0.1) is 0 Å². The maximum Gasteiger partial charge on any atom is 0.339 e. The van der Waals surface area contributed by atoms with Gasteiger partial charge in [0.2, 0.25) is 0 Å². The zero-order valence-electron chi connectivity index (χ0n) is 21.0. The van der Waals surface area contributed by atoms with Gasteiger partial charge in [-0.3, -0.25) is 4.98 Å². The molecule has 2 aromatic heterocycles. The third kappa shape index (κ3) is 4.27. The topological polar surface area (TPSA) is 59.4 Å². The number of carbonyl (C=O) groups is 1. The van der Waals surface area contributed by atoms with Crippen molar-refractivity contribution in [3.05, 3.63) is 113 Å². The lowest BCUT2D eigenvalue weighted by molar-refractivity contribution is 0.0600. The van der Waals surface area contributed by atoms with E-state index in [1.165, 1.54) is 13.2 Å². The molecule has 1 saturated heterocycles. The first-order valence-corrected chi connectivity index (χ1v) is 12.4. The average Bonchev–Trinajstić information content (AvgIpc) is 3.40. The molecule has 0 radical (unpaired) electrons. The van der Waals surface area contributed by atoms with E-state index in [0.29, 0.717) is 16.2 Å². The molecule has 6 nitrogen and oxygen atoms in total. The second-order valence-corrected chi connectivity index (χ2v) is 9.49. The van der Waals surface area contributed by atoms with Crippen molar-refractivity contribution in [1.82, 2.24) is 14.9 Å². The number of halogens is 1. The van der Waals surface area contributed by atoms with Gasteiger partial charge in [0.05, 0.1) is 36.1 Å². The number of rotatable bonds is 5. The Hall–Kier alpha value is -4.04. The summed E-state index contributed by atoms with van der Waals surface area (Å²) in [4.78, 5) is 19.2. The van der Waals surface area contributed by atoms with Crippen molar-refractivity contribution in [2.75, 3.05) is 12.0 Å². The molecule has 4 aromatic rings. The molecule has 1 N–H and O–H groups in total. The third-order valence-corrected chi connectivity index (χ3v) is 7.17. The van der Waals surface area contributed by atoms with E-state index in [1.54, 1.807) is 25.3 Å². The van der Waals surface area contributed by atoms with Crippen LogP contribution in [0.25, 0.3) is 5.69 Å². The summed E-state index contributed by atoms with van der Waals surface area (Å²) in [5.74, 6) is -0.666. The van der Waals surface area contributed by atoms with Gasteiger partial charge in [0.1, 0.15) is 5.82 Å². The normalized spacial score (nSPS) is 17.1. The highest BCUT2D eigenvalue weighted by Gasteiger charge is 2.42. The van der Waals surface area contributed by atoms with Gasteiger partial charge < -0.3 is 19.5 Å². The van der Waals surface area contributed by atoms with E-state index >= 15 is 0 Å². The number of carbonyl (C=O) groups excluding carboxylic acids is 1. The van der Waals surface area contributed by atoms with Gasteiger partial charge in [-0.1, -0.05) is 18.2 Å². The Morgan fingerprint density at radius 1 is 1.05 bits per heavy atom. The van der Waals surface area contributed by atoms with Crippen molar-refractivity contribution in [1.29, 1.82) is 0 Å². The molecule has 2 aromatic carbocycles. The van der Waals surface area contributed by atoms with E-state index in [-0.39, 0.29) is 17.9 Å². The minimum atomic E-state index is -0.400. The highest BCUT2D eigenvalue weighted by atomic mass is 32.1. The molecular weight excluding hydrogens is 487 g/mol. The average molecular weight is 515 g/mol. The fourth-order valence-corrected chi connectivity index (χ4v) is 5.48. The summed E-state index contributed by atoms with van der Waals surface area (Å²) in [5, 5.41) is 3.99. The summed E-state index contributed by atoms with van der Waals surface area (Å²) in [6, 6.07) is 19.8. The Balaban J connectivity index is 1.70. The fraction of sp³-hybridized carbons (Fsp3) is 0.207. The zero-order valence-corrected chi connectivity index (χ0v) is 21.8. The predicted molar refractivity (Wildman–Crippen MR) is 146 cm³/mol. The van der Waals surface area contributed by atoms with Crippen LogP contribution in [0.4, 0.5) is 10.1 Å². The van der Waals surface area contributed by atoms with Crippen molar-refractivity contribution in [2.24, 2.45) is 0 Å². The summed E-state index contributed by atoms with van der Waals surface area (Å²) >= 11 is 5.83. The molecule has 0 aliphatic carbocycles. The summed E-state index contributed by atoms with van der Waals surface area (Å²) in [6.45, 7) is 5.78. The highest BCUT2D eigenvalue weighted by molar-refractivity contribution is 7.80. The van der Waals surface area contributed by atoms with Crippen LogP contribution in [0.15, 0.2) is 72.9 Å². The van der Waals surface area contributed by atoms with E-state index in [4.69, 9.17) is 17.0 Å². The number of nitrogens with zero attached hydrogens (tertiary/aromatic N) is 3. The van der Waals surface area contributed by atoms with Crippen LogP contribution in [0.1, 0.15) is 50.7 Å². The molecule has 0 bridgehead atoms. The minimum absolute atomic E-state index is 0.246. The summed E-state index contributed by atoms with van der Waals surface area (Å²) in [7, 11) is 1.38. The number of para-hydroxylation sites is 1. The fourth-order valence-electron chi connectivity index (χ4n) is 5.14. The molecule has 0 unspecified atom stereocenters. The molecule has 2 atom stereocenters. The number of hydrogen-bond acceptors (Lipinski definition) is 4. The Bertz CT molecular complexity index is 1500. The van der Waals surface area contributed by atoms with E-state index in [2.05, 4.69) is 20.9 Å². The minimum Gasteiger partial charge on any atom is -0.465 e. The molecule has 1 aliphatic rings. The van der Waals surface area contributed by atoms with Crippen LogP contribution in [0, 0.1) is 26.6 Å². The monoisotopic (exact) mass is 514 g/mol. The summed E-state index contributed by atoms with van der Waals surface area (Å²) in [5.41, 5.74) is 6.32. The molecule has 1 fully saturated rings. The number of thiocarbonyl (C=S) groups is 1. The SMILES string of the molecule is COC(=O)c1ccccc1-n1c(C)cc([C@H]2[C@H](c3ccccn3)NC(=S)N2c2ccc(F)c(C)c2)c1C. The maximum absolute atomic E-state index is 14.2. The molecule has 5 rings (SSSR count). The van der Waals surface area contributed by atoms with Crippen molar-refractivity contribution in [3.8, 4) is 5.69 Å². The summed E-state index contributed by atoms with van der Waals surface area (Å²) < 4.78 is 21.3. The van der Waals surface area contributed by atoms with Gasteiger partial charge in [0, 0.05) is 23.3 Å². The van der Waals surface area contributed by atoms with Crippen molar-refractivity contribution in [3.63, 3.8) is 0 Å². The first kappa shape index (κ1) is 24.6. The number of benzene rings is 2. The highest BCUT2D eigenvalue weighted by Crippen LogP contribution is 2.44. The van der Waals surface area contributed by atoms with Crippen molar-refractivity contribution >= 4 is 29.0 Å². The van der Waals surface area contributed by atoms with Gasteiger partial charge in [0.15, 0.2) is 5.11 Å². The number of esters is 1. The Morgan fingerprint density at radius 3 is 2.51 bits per heavy atom. The van der Waals surface area contributed by atoms with Crippen LogP contribution >= 0.6 is 12.2 Å². The standard InChI is InChI=1S/C29H27FN4O2S/c1-17-15-20(12-13-23(17)30)34-27(26(32-29(34)37)24-10-7-8-14-31-24)22-16-18(2)33(19(22)3)25-11-6-5-9-21(25)28(35)36-4/h5-16,26-27H,1-4H3,(H,32,37)/t26-,27-/m0/s1. The molecule has 3 heterocycles. The lowest BCUT2D eigenvalue weighted by Gasteiger charge is -2.28. The number of pyridine rings is 1. The smallest absolute Gasteiger partial charge is 0.339 e. The van der Waals surface area contributed by atoms with E-state index in [0.717, 1.165) is 34.0 Å². The number of aromatic nitrogens is 2. The number of anilines is 1. The number of nitrogens with one attached hydrogen (secondary N) is 1. The second-order valence-electron chi connectivity index (χ2n) is 9.10. The third-order valence-electron chi connectivity index (χ3n) is 6.86. The molecule has 0 spiro atoms. The van der Waals surface area contributed by atoms with E-state index in [1.807, 2.05) is 61.2 Å². The number of hydrogen-bond donors (Lipinski definition) is 1. The quantitative estimate of drug-likeness (QED) is 0.264. The molecule has 37 heavy (non-hydrogen) atoms. The number of ether oxygens (including phenoxy) is 1. The Labute approximate surface area is 220 Å². The molecule has 0 saturated carbocycles. The van der Waals surface area contributed by atoms with Gasteiger partial charge in [0.25, 0.3) is 0 Å². The first-order valence-electron chi connectivity index (χ1n) is 11.9. The molecule has 188 valence electrons. The number of aryl methyl sites for hydroxylation is 2. The first-order chi connectivity index (χ1) is 17.8. The predicted octanol–water partition coefficient (Wildman–Crippen LogP) is 5.90. The van der Waals surface area contributed by atoms with Crippen LogP contribution in [0.3, 0.4) is 0 Å². The van der Waals surface area contributed by atoms with Crippen LogP contribution < -0.4 is 10.2 Å². The molecule has 0 amide bonds. The lowest BCUT2D eigenvalue weighted by Crippen LogP contribution is -2.29.